The minimum Gasteiger partial charge on any atom is -0.461 e. The van der Waals surface area contributed by atoms with Crippen LogP contribution in [0.25, 0.3) is 0 Å². The molecule has 0 radical (unpaired) electrons. The van der Waals surface area contributed by atoms with E-state index in [1.54, 1.807) is 6.92 Å². The molecule has 6 nitrogen and oxygen atoms in total. The lowest BCUT2D eigenvalue weighted by Crippen LogP contribution is -2.27. The van der Waals surface area contributed by atoms with Gasteiger partial charge in [0, 0.05) is 6.42 Å². The van der Waals surface area contributed by atoms with Crippen molar-refractivity contribution in [2.75, 3.05) is 13.3 Å². The molecular formula is C13H15NO5. The molecule has 6 heteroatoms. The maximum absolute atomic E-state index is 11.3. The number of carbonyl (C=O) groups is 2. The van der Waals surface area contributed by atoms with Gasteiger partial charge in [0.2, 0.25) is 13.2 Å². The second-order valence-corrected chi connectivity index (χ2v) is 4.19. The fourth-order valence-corrected chi connectivity index (χ4v) is 1.83. The summed E-state index contributed by atoms with van der Waals surface area (Å²) >= 11 is 0. The molecule has 1 heterocycles. The number of esters is 1. The quantitative estimate of drug-likeness (QED) is 0.603. The van der Waals surface area contributed by atoms with Crippen LogP contribution in [0, 0.1) is 0 Å². The molecular weight excluding hydrogens is 250 g/mol. The lowest BCUT2D eigenvalue weighted by Gasteiger charge is -2.13. The first kappa shape index (κ1) is 13.2. The third-order valence-corrected chi connectivity index (χ3v) is 2.62. The Balaban J connectivity index is 1.86. The average Bonchev–Trinajstić information content (AvgIpc) is 2.83. The van der Waals surface area contributed by atoms with Crippen molar-refractivity contribution in [3.05, 3.63) is 23.8 Å². The second kappa shape index (κ2) is 6.08. The molecule has 1 aliphatic rings. The van der Waals surface area contributed by atoms with Crippen molar-refractivity contribution in [1.29, 1.82) is 0 Å². The van der Waals surface area contributed by atoms with Crippen molar-refractivity contribution in [3.8, 4) is 11.5 Å². The molecule has 102 valence electrons. The van der Waals surface area contributed by atoms with Crippen LogP contribution < -0.4 is 14.8 Å². The van der Waals surface area contributed by atoms with Gasteiger partial charge in [0.25, 0.3) is 0 Å². The fourth-order valence-electron chi connectivity index (χ4n) is 1.83. The maximum Gasteiger partial charge on any atom is 0.325 e. The number of nitrogens with one attached hydrogen (secondary N) is 1. The number of hydrogen-bond acceptors (Lipinski definition) is 5. The van der Waals surface area contributed by atoms with Crippen LogP contribution in [-0.4, -0.2) is 31.8 Å². The van der Waals surface area contributed by atoms with E-state index in [2.05, 4.69) is 5.32 Å². The Morgan fingerprint density at radius 1 is 1.47 bits per heavy atom. The summed E-state index contributed by atoms with van der Waals surface area (Å²) in [5.41, 5.74) is 0.993. The predicted octanol–water partition coefficient (Wildman–Crippen LogP) is 0.635. The van der Waals surface area contributed by atoms with Gasteiger partial charge in [-0.1, -0.05) is 6.07 Å². The Morgan fingerprint density at radius 2 is 2.26 bits per heavy atom. The lowest BCUT2D eigenvalue weighted by atomic mass is 10.1. The van der Waals surface area contributed by atoms with E-state index in [4.69, 9.17) is 14.2 Å². The largest absolute Gasteiger partial charge is 0.461 e. The lowest BCUT2D eigenvalue weighted by molar-refractivity contribution is -0.147. The molecule has 0 aromatic heterocycles. The zero-order valence-corrected chi connectivity index (χ0v) is 10.5. The number of fused-ring (bicyclic) bond motifs is 1. The highest BCUT2D eigenvalue weighted by molar-refractivity contribution is 5.74. The molecule has 1 amide bonds. The first-order valence-electron chi connectivity index (χ1n) is 5.94. The summed E-state index contributed by atoms with van der Waals surface area (Å²) < 4.78 is 15.6. The number of hydrogen-bond donors (Lipinski definition) is 1. The zero-order chi connectivity index (χ0) is 13.7. The number of carbonyl (C=O) groups excluding carboxylic acids is 2. The molecule has 1 N–H and O–H groups in total. The van der Waals surface area contributed by atoms with Crippen LogP contribution in [0.1, 0.15) is 12.5 Å². The number of rotatable bonds is 6. The average molecular weight is 265 g/mol. The number of ether oxygens (including phenoxy) is 3. The van der Waals surface area contributed by atoms with Gasteiger partial charge in [0.05, 0.1) is 0 Å². The standard InChI is InChI=1S/C13H15NO5/c1-9(19-13(16)6-14-7-15)4-10-2-3-11-12(5-10)18-8-17-11/h2-3,5,7,9H,4,6,8H2,1H3,(H,14,15). The molecule has 0 fully saturated rings. The van der Waals surface area contributed by atoms with Crippen molar-refractivity contribution in [2.24, 2.45) is 0 Å². The van der Waals surface area contributed by atoms with Gasteiger partial charge in [-0.2, -0.15) is 0 Å². The summed E-state index contributed by atoms with van der Waals surface area (Å²) in [6, 6.07) is 5.61. The normalized spacial score (nSPS) is 13.7. The van der Waals surface area contributed by atoms with Crippen molar-refractivity contribution in [2.45, 2.75) is 19.4 Å². The Labute approximate surface area is 110 Å². The molecule has 0 saturated carbocycles. The van der Waals surface area contributed by atoms with Gasteiger partial charge in [-0.15, -0.1) is 0 Å². The summed E-state index contributed by atoms with van der Waals surface area (Å²) in [6.45, 7) is 1.92. The Kier molecular flexibility index (Phi) is 4.22. The van der Waals surface area contributed by atoms with Crippen molar-refractivity contribution in [3.63, 3.8) is 0 Å². The highest BCUT2D eigenvalue weighted by Crippen LogP contribution is 2.32. The van der Waals surface area contributed by atoms with E-state index in [0.717, 1.165) is 11.3 Å². The van der Waals surface area contributed by atoms with E-state index in [0.29, 0.717) is 18.6 Å². The second-order valence-electron chi connectivity index (χ2n) is 4.19. The van der Waals surface area contributed by atoms with Crippen LogP contribution in [-0.2, 0) is 20.7 Å². The van der Waals surface area contributed by atoms with Crippen LogP contribution >= 0.6 is 0 Å². The Morgan fingerprint density at radius 3 is 3.05 bits per heavy atom. The maximum atomic E-state index is 11.3. The van der Waals surface area contributed by atoms with Gasteiger partial charge in [-0.05, 0) is 24.6 Å². The van der Waals surface area contributed by atoms with E-state index in [1.807, 2.05) is 18.2 Å². The molecule has 1 aromatic rings. The summed E-state index contributed by atoms with van der Waals surface area (Å²) in [6.07, 6.45) is 0.758. The zero-order valence-electron chi connectivity index (χ0n) is 10.5. The molecule has 0 saturated heterocycles. The van der Waals surface area contributed by atoms with Crippen LogP contribution in [0.2, 0.25) is 0 Å². The summed E-state index contributed by atoms with van der Waals surface area (Å²) in [4.78, 5) is 21.4. The minimum absolute atomic E-state index is 0.116. The van der Waals surface area contributed by atoms with Crippen molar-refractivity contribution >= 4 is 12.4 Å². The molecule has 0 aliphatic carbocycles. The highest BCUT2D eigenvalue weighted by Gasteiger charge is 2.15. The van der Waals surface area contributed by atoms with Gasteiger partial charge < -0.3 is 19.5 Å². The highest BCUT2D eigenvalue weighted by atomic mass is 16.7. The molecule has 0 spiro atoms. The molecule has 2 rings (SSSR count). The Hall–Kier alpha value is -2.24. The van der Waals surface area contributed by atoms with E-state index in [-0.39, 0.29) is 19.4 Å². The van der Waals surface area contributed by atoms with Gasteiger partial charge >= 0.3 is 5.97 Å². The first-order valence-corrected chi connectivity index (χ1v) is 5.94. The SMILES string of the molecule is CC(Cc1ccc2c(c1)OCO2)OC(=O)CNC=O. The van der Waals surface area contributed by atoms with E-state index < -0.39 is 5.97 Å². The minimum atomic E-state index is -0.458. The van der Waals surface area contributed by atoms with Crippen LogP contribution in [0.4, 0.5) is 0 Å². The van der Waals surface area contributed by atoms with Crippen molar-refractivity contribution in [1.82, 2.24) is 5.32 Å². The Bertz CT molecular complexity index is 474. The van der Waals surface area contributed by atoms with Crippen LogP contribution in [0.15, 0.2) is 18.2 Å². The summed E-state index contributed by atoms with van der Waals surface area (Å²) in [7, 11) is 0. The molecule has 1 atom stereocenters. The van der Waals surface area contributed by atoms with Gasteiger partial charge in [0.15, 0.2) is 11.5 Å². The van der Waals surface area contributed by atoms with E-state index in [1.165, 1.54) is 0 Å². The first-order chi connectivity index (χ1) is 9.19. The van der Waals surface area contributed by atoms with Crippen LogP contribution in [0.5, 0.6) is 11.5 Å². The topological polar surface area (TPSA) is 73.9 Å². The number of amides is 1. The van der Waals surface area contributed by atoms with E-state index >= 15 is 0 Å². The fraction of sp³-hybridized carbons (Fsp3) is 0.385. The molecule has 1 unspecified atom stereocenters. The van der Waals surface area contributed by atoms with Crippen molar-refractivity contribution < 1.29 is 23.8 Å². The monoisotopic (exact) mass is 265 g/mol. The smallest absolute Gasteiger partial charge is 0.325 e. The van der Waals surface area contributed by atoms with Gasteiger partial charge in [-0.3, -0.25) is 9.59 Å². The third-order valence-electron chi connectivity index (χ3n) is 2.62. The third kappa shape index (κ3) is 3.61. The predicted molar refractivity (Wildman–Crippen MR) is 65.9 cm³/mol. The molecule has 19 heavy (non-hydrogen) atoms. The molecule has 1 aromatic carbocycles. The van der Waals surface area contributed by atoms with Crippen LogP contribution in [0.3, 0.4) is 0 Å². The summed E-state index contributed by atoms with van der Waals surface area (Å²) in [5.74, 6) is 0.975. The van der Waals surface area contributed by atoms with Gasteiger partial charge in [-0.25, -0.2) is 0 Å². The number of benzene rings is 1. The van der Waals surface area contributed by atoms with E-state index in [9.17, 15) is 9.59 Å². The van der Waals surface area contributed by atoms with Gasteiger partial charge in [0.1, 0.15) is 12.6 Å². The summed E-state index contributed by atoms with van der Waals surface area (Å²) in [5, 5.41) is 2.26. The molecule has 1 aliphatic heterocycles. The molecule has 0 bridgehead atoms.